The zero-order valence-corrected chi connectivity index (χ0v) is 17.5. The van der Waals surface area contributed by atoms with Crippen LogP contribution in [-0.4, -0.2) is 42.9 Å². The first-order valence-corrected chi connectivity index (χ1v) is 10.1. The molecular formula is C23H25N3O5. The van der Waals surface area contributed by atoms with Gasteiger partial charge in [-0.05, 0) is 62.2 Å². The van der Waals surface area contributed by atoms with Crippen LogP contribution in [0.3, 0.4) is 0 Å². The van der Waals surface area contributed by atoms with Crippen LogP contribution in [0.2, 0.25) is 0 Å². The van der Waals surface area contributed by atoms with Crippen molar-refractivity contribution in [1.82, 2.24) is 5.32 Å². The van der Waals surface area contributed by atoms with E-state index in [2.05, 4.69) is 10.6 Å². The minimum absolute atomic E-state index is 0.0699. The first kappa shape index (κ1) is 22.0. The summed E-state index contributed by atoms with van der Waals surface area (Å²) in [7, 11) is 0. The first-order chi connectivity index (χ1) is 14.8. The van der Waals surface area contributed by atoms with Gasteiger partial charge in [0.25, 0.3) is 11.8 Å². The fourth-order valence-corrected chi connectivity index (χ4v) is 3.23. The van der Waals surface area contributed by atoms with E-state index in [1.54, 1.807) is 41.3 Å². The molecule has 3 rings (SSSR count). The molecule has 1 heterocycles. The van der Waals surface area contributed by atoms with E-state index >= 15 is 0 Å². The maximum atomic E-state index is 12.3. The van der Waals surface area contributed by atoms with Crippen LogP contribution in [0, 0.1) is 6.92 Å². The van der Waals surface area contributed by atoms with Gasteiger partial charge in [-0.25, -0.2) is 0 Å². The molecule has 3 amide bonds. The molecule has 1 saturated heterocycles. The fraction of sp³-hybridized carbons (Fsp3) is 0.304. The van der Waals surface area contributed by atoms with Gasteiger partial charge >= 0.3 is 5.97 Å². The Bertz CT molecular complexity index is 987. The van der Waals surface area contributed by atoms with Crippen LogP contribution in [0.25, 0.3) is 0 Å². The number of nitrogens with zero attached hydrogens (tertiary/aromatic N) is 1. The molecule has 2 aromatic carbocycles. The topological polar surface area (TPSA) is 105 Å². The van der Waals surface area contributed by atoms with Crippen LogP contribution in [0.5, 0.6) is 0 Å². The highest BCUT2D eigenvalue weighted by Crippen LogP contribution is 2.21. The maximum Gasteiger partial charge on any atom is 0.326 e. The fourth-order valence-electron chi connectivity index (χ4n) is 3.23. The number of anilines is 2. The van der Waals surface area contributed by atoms with Gasteiger partial charge in [0.2, 0.25) is 5.91 Å². The third-order valence-electron chi connectivity index (χ3n) is 4.87. The van der Waals surface area contributed by atoms with Crippen molar-refractivity contribution in [3.05, 3.63) is 59.7 Å². The quantitative estimate of drug-likeness (QED) is 0.666. The Hall–Kier alpha value is -3.68. The molecule has 0 saturated carbocycles. The molecule has 2 aromatic rings. The Labute approximate surface area is 180 Å². The molecule has 0 unspecified atom stereocenters. The minimum atomic E-state index is -1.01. The van der Waals surface area contributed by atoms with Gasteiger partial charge in [0, 0.05) is 29.9 Å². The smallest absolute Gasteiger partial charge is 0.326 e. The Morgan fingerprint density at radius 3 is 2.52 bits per heavy atom. The van der Waals surface area contributed by atoms with Gasteiger partial charge in [-0.15, -0.1) is 0 Å². The zero-order chi connectivity index (χ0) is 22.4. The second kappa shape index (κ2) is 9.88. The van der Waals surface area contributed by atoms with Gasteiger partial charge in [0.05, 0.1) is 0 Å². The van der Waals surface area contributed by atoms with Gasteiger partial charge in [-0.2, -0.15) is 0 Å². The van der Waals surface area contributed by atoms with Crippen LogP contribution >= 0.6 is 0 Å². The predicted molar refractivity (Wildman–Crippen MR) is 116 cm³/mol. The lowest BCUT2D eigenvalue weighted by atomic mass is 10.2. The highest BCUT2D eigenvalue weighted by molar-refractivity contribution is 5.99. The summed E-state index contributed by atoms with van der Waals surface area (Å²) in [6.45, 7) is 3.67. The normalized spacial score (nSPS) is 14.1. The van der Waals surface area contributed by atoms with Crippen molar-refractivity contribution in [2.24, 2.45) is 0 Å². The second-order valence-electron chi connectivity index (χ2n) is 7.37. The molecule has 31 heavy (non-hydrogen) atoms. The molecule has 1 atom stereocenters. The van der Waals surface area contributed by atoms with Crippen molar-refractivity contribution in [2.75, 3.05) is 23.3 Å². The molecule has 0 aliphatic carbocycles. The number of carbonyl (C=O) groups is 4. The number of carbonyl (C=O) groups excluding carboxylic acids is 4. The lowest BCUT2D eigenvalue weighted by molar-refractivity contribution is -0.152. The molecule has 0 aromatic heterocycles. The number of hydrogen-bond acceptors (Lipinski definition) is 5. The van der Waals surface area contributed by atoms with Crippen molar-refractivity contribution in [1.29, 1.82) is 0 Å². The molecule has 1 fully saturated rings. The van der Waals surface area contributed by atoms with E-state index in [1.165, 1.54) is 6.92 Å². The number of amides is 3. The Balaban J connectivity index is 1.45. The van der Waals surface area contributed by atoms with E-state index in [-0.39, 0.29) is 12.5 Å². The molecule has 2 N–H and O–H groups in total. The van der Waals surface area contributed by atoms with Crippen molar-refractivity contribution < 1.29 is 23.9 Å². The first-order valence-electron chi connectivity index (χ1n) is 10.1. The van der Waals surface area contributed by atoms with E-state index in [0.717, 1.165) is 17.7 Å². The molecular weight excluding hydrogens is 398 g/mol. The molecule has 1 aliphatic heterocycles. The number of rotatable bonds is 7. The van der Waals surface area contributed by atoms with Gasteiger partial charge in [0.15, 0.2) is 6.10 Å². The van der Waals surface area contributed by atoms with Gasteiger partial charge < -0.3 is 20.3 Å². The van der Waals surface area contributed by atoms with Crippen molar-refractivity contribution in [2.45, 2.75) is 32.8 Å². The van der Waals surface area contributed by atoms with Gasteiger partial charge in [0.1, 0.15) is 6.54 Å². The molecule has 1 aliphatic rings. The summed E-state index contributed by atoms with van der Waals surface area (Å²) in [6, 6.07) is 13.9. The number of esters is 1. The summed E-state index contributed by atoms with van der Waals surface area (Å²) in [6.07, 6.45) is 0.346. The third kappa shape index (κ3) is 5.91. The van der Waals surface area contributed by atoms with Crippen molar-refractivity contribution in [3.63, 3.8) is 0 Å². The van der Waals surface area contributed by atoms with E-state index in [1.807, 2.05) is 19.1 Å². The Kier molecular flexibility index (Phi) is 7.02. The predicted octanol–water partition coefficient (Wildman–Crippen LogP) is 2.42. The summed E-state index contributed by atoms with van der Waals surface area (Å²) >= 11 is 0. The second-order valence-corrected chi connectivity index (χ2v) is 7.37. The maximum absolute atomic E-state index is 12.3. The number of hydrogen-bond donors (Lipinski definition) is 2. The Morgan fingerprint density at radius 1 is 1.13 bits per heavy atom. The van der Waals surface area contributed by atoms with Gasteiger partial charge in [-0.1, -0.05) is 12.1 Å². The molecule has 162 valence electrons. The standard InChI is InChI=1S/C23H25N3O5/c1-15-5-3-6-18(13-15)25-22(29)16(2)31-21(28)14-24-23(30)17-8-10-19(11-9-17)26-12-4-7-20(26)27/h3,5-6,8-11,13,16H,4,7,12,14H2,1-2H3,(H,24,30)(H,25,29)/t16-/m1/s1. The van der Waals surface area contributed by atoms with Crippen molar-refractivity contribution in [3.8, 4) is 0 Å². The monoisotopic (exact) mass is 423 g/mol. The van der Waals surface area contributed by atoms with E-state index < -0.39 is 23.9 Å². The molecule has 0 spiro atoms. The summed E-state index contributed by atoms with van der Waals surface area (Å²) in [5.41, 5.74) is 2.70. The summed E-state index contributed by atoms with van der Waals surface area (Å²) in [5, 5.41) is 5.15. The average Bonchev–Trinajstić information content (AvgIpc) is 3.18. The largest absolute Gasteiger partial charge is 0.451 e. The number of ether oxygens (including phenoxy) is 1. The molecule has 0 radical (unpaired) electrons. The lowest BCUT2D eigenvalue weighted by Gasteiger charge is -2.16. The van der Waals surface area contributed by atoms with E-state index in [4.69, 9.17) is 4.74 Å². The molecule has 0 bridgehead atoms. The highest BCUT2D eigenvalue weighted by Gasteiger charge is 2.22. The molecule has 8 heteroatoms. The SMILES string of the molecule is Cc1cccc(NC(=O)[C@@H](C)OC(=O)CNC(=O)c2ccc(N3CCCC3=O)cc2)c1. The van der Waals surface area contributed by atoms with Crippen molar-refractivity contribution >= 4 is 35.1 Å². The van der Waals surface area contributed by atoms with Gasteiger partial charge in [-0.3, -0.25) is 19.2 Å². The molecule has 8 nitrogen and oxygen atoms in total. The van der Waals surface area contributed by atoms with E-state index in [9.17, 15) is 19.2 Å². The summed E-state index contributed by atoms with van der Waals surface area (Å²) < 4.78 is 5.09. The third-order valence-corrected chi connectivity index (χ3v) is 4.87. The van der Waals surface area contributed by atoms with Crippen LogP contribution in [-0.2, 0) is 19.1 Å². The zero-order valence-electron chi connectivity index (χ0n) is 17.5. The summed E-state index contributed by atoms with van der Waals surface area (Å²) in [5.74, 6) is -1.56. The number of benzene rings is 2. The van der Waals surface area contributed by atoms with Crippen LogP contribution in [0.1, 0.15) is 35.7 Å². The Morgan fingerprint density at radius 2 is 1.87 bits per heavy atom. The highest BCUT2D eigenvalue weighted by atomic mass is 16.5. The van der Waals surface area contributed by atoms with Crippen LogP contribution < -0.4 is 15.5 Å². The van der Waals surface area contributed by atoms with Crippen LogP contribution in [0.4, 0.5) is 11.4 Å². The lowest BCUT2D eigenvalue weighted by Crippen LogP contribution is -2.35. The van der Waals surface area contributed by atoms with Crippen LogP contribution in [0.15, 0.2) is 48.5 Å². The number of nitrogens with one attached hydrogen (secondary N) is 2. The average molecular weight is 423 g/mol. The summed E-state index contributed by atoms with van der Waals surface area (Å²) in [4.78, 5) is 49.9. The van der Waals surface area contributed by atoms with E-state index in [0.29, 0.717) is 24.2 Å². The number of aryl methyl sites for hydroxylation is 1. The minimum Gasteiger partial charge on any atom is -0.451 e.